The molecule has 0 saturated carbocycles. The number of carbonyl (C=O) groups excluding carboxylic acids is 9. The lowest BCUT2D eigenvalue weighted by Gasteiger charge is -2.29. The summed E-state index contributed by atoms with van der Waals surface area (Å²) in [6.45, 7) is 10.4. The van der Waals surface area contributed by atoms with Crippen LogP contribution in [0.4, 0.5) is 0 Å². The largest absolute Gasteiger partial charge is 0.508 e. The zero-order valence-electron chi connectivity index (χ0n) is 48.8. The van der Waals surface area contributed by atoms with Crippen LogP contribution in [0.2, 0.25) is 0 Å². The number of phenolic OH excluding ortho intramolecular Hbond substituents is 1. The lowest BCUT2D eigenvalue weighted by molar-refractivity contribution is -0.143. The Hall–Kier alpha value is -8.89. The summed E-state index contributed by atoms with van der Waals surface area (Å²) in [5, 5.41) is 58.8. The van der Waals surface area contributed by atoms with Gasteiger partial charge in [0, 0.05) is 32.2 Å². The van der Waals surface area contributed by atoms with Gasteiger partial charge in [0.25, 0.3) is 0 Å². The molecule has 9 amide bonds. The first-order chi connectivity index (χ1) is 39.9. The van der Waals surface area contributed by atoms with Gasteiger partial charge in [-0.1, -0.05) is 90.4 Å². The van der Waals surface area contributed by atoms with Crippen molar-refractivity contribution in [2.45, 2.75) is 173 Å². The Bertz CT molecular complexity index is 2640. The molecule has 470 valence electrons. The Kier molecular flexibility index (Phi) is 31.1. The van der Waals surface area contributed by atoms with Gasteiger partial charge in [-0.2, -0.15) is 0 Å². The van der Waals surface area contributed by atoms with Gasteiger partial charge < -0.3 is 85.9 Å². The van der Waals surface area contributed by atoms with E-state index in [0.717, 1.165) is 0 Å². The molecule has 0 radical (unpaired) electrons. The third-order valence-corrected chi connectivity index (χ3v) is 13.3. The van der Waals surface area contributed by atoms with Gasteiger partial charge in [0.05, 0.1) is 12.5 Å². The summed E-state index contributed by atoms with van der Waals surface area (Å²) >= 11 is 0. The number of carbonyl (C=O) groups is 12. The lowest BCUT2D eigenvalue weighted by Crippen LogP contribution is -2.61. The van der Waals surface area contributed by atoms with E-state index in [2.05, 4.69) is 47.5 Å². The average molecular weight is 1200 g/mol. The van der Waals surface area contributed by atoms with E-state index in [4.69, 9.17) is 22.9 Å². The highest BCUT2D eigenvalue weighted by Gasteiger charge is 2.37. The fraction of sp³-hybridized carbons (Fsp3) is 0.554. The third-order valence-electron chi connectivity index (χ3n) is 13.3. The summed E-state index contributed by atoms with van der Waals surface area (Å²) in [5.41, 5.74) is 23.3. The number of hydrogen-bond acceptors (Lipinski definition) is 15. The Balaban J connectivity index is 2.57. The Morgan fingerprint density at radius 2 is 0.906 bits per heavy atom. The number of amides is 9. The monoisotopic (exact) mass is 1200 g/mol. The van der Waals surface area contributed by atoms with E-state index in [9.17, 15) is 78.0 Å². The molecular weight excluding hydrogens is 1110 g/mol. The summed E-state index contributed by atoms with van der Waals surface area (Å²) < 4.78 is 0. The minimum absolute atomic E-state index is 0.00437. The van der Waals surface area contributed by atoms with Crippen molar-refractivity contribution < 1.29 is 78.0 Å². The number of guanidine groups is 1. The Morgan fingerprint density at radius 3 is 1.38 bits per heavy atom. The van der Waals surface area contributed by atoms with Crippen molar-refractivity contribution in [3.05, 3.63) is 65.7 Å². The molecule has 0 heterocycles. The summed E-state index contributed by atoms with van der Waals surface area (Å²) in [6, 6.07) is -0.0315. The molecule has 29 heteroatoms. The molecule has 20 N–H and O–H groups in total. The Morgan fingerprint density at radius 1 is 0.494 bits per heavy atom. The van der Waals surface area contributed by atoms with Crippen molar-refractivity contribution in [3.63, 3.8) is 0 Å². The van der Waals surface area contributed by atoms with Gasteiger partial charge in [-0.3, -0.25) is 57.7 Å². The maximum Gasteiger partial charge on any atom is 0.326 e. The number of aromatic hydroxyl groups is 1. The van der Waals surface area contributed by atoms with E-state index < -0.39 is 163 Å². The maximum absolute atomic E-state index is 14.5. The van der Waals surface area contributed by atoms with E-state index in [0.29, 0.717) is 17.5 Å². The first-order valence-electron chi connectivity index (χ1n) is 27.9. The van der Waals surface area contributed by atoms with Crippen LogP contribution >= 0.6 is 0 Å². The molecule has 0 saturated heterocycles. The Labute approximate surface area is 492 Å². The molecule has 0 unspecified atom stereocenters. The fourth-order valence-electron chi connectivity index (χ4n) is 8.52. The van der Waals surface area contributed by atoms with Crippen LogP contribution in [0.3, 0.4) is 0 Å². The first-order valence-corrected chi connectivity index (χ1v) is 27.9. The summed E-state index contributed by atoms with van der Waals surface area (Å²) in [6.07, 6.45) is -3.17. The van der Waals surface area contributed by atoms with E-state index in [1.807, 2.05) is 0 Å². The van der Waals surface area contributed by atoms with Gasteiger partial charge in [0.2, 0.25) is 53.2 Å². The molecular formula is C56H85N13O16. The number of phenols is 1. The number of carboxylic acids is 3. The fourth-order valence-corrected chi connectivity index (χ4v) is 8.52. The molecule has 0 fully saturated rings. The number of carboxylic acid groups (broad SMARTS) is 3. The topological polar surface area (TPSA) is 498 Å². The molecule has 85 heavy (non-hydrogen) atoms. The van der Waals surface area contributed by atoms with E-state index >= 15 is 0 Å². The van der Waals surface area contributed by atoms with E-state index in [1.54, 1.807) is 71.9 Å². The number of benzene rings is 2. The summed E-state index contributed by atoms with van der Waals surface area (Å²) in [7, 11) is 0. The number of nitrogens with two attached hydrogens (primary N) is 4. The minimum Gasteiger partial charge on any atom is -0.508 e. The lowest BCUT2D eigenvalue weighted by atomic mass is 9.96. The molecule has 0 aliphatic rings. The highest BCUT2D eigenvalue weighted by molar-refractivity contribution is 5.99. The van der Waals surface area contributed by atoms with Crippen LogP contribution in [-0.2, 0) is 70.4 Å². The summed E-state index contributed by atoms with van der Waals surface area (Å²) in [5.74, 6) is -14.7. The molecule has 0 spiro atoms. The van der Waals surface area contributed by atoms with E-state index in [-0.39, 0.29) is 68.6 Å². The molecule has 2 aromatic rings. The zero-order chi connectivity index (χ0) is 64.1. The van der Waals surface area contributed by atoms with Crippen molar-refractivity contribution in [1.29, 1.82) is 0 Å². The highest BCUT2D eigenvalue weighted by atomic mass is 16.4. The molecule has 2 rings (SSSR count). The van der Waals surface area contributed by atoms with Gasteiger partial charge in [-0.15, -0.1) is 0 Å². The van der Waals surface area contributed by atoms with Crippen LogP contribution in [0.25, 0.3) is 0 Å². The molecule has 0 aromatic heterocycles. The number of rotatable bonds is 39. The smallest absolute Gasteiger partial charge is 0.326 e. The molecule has 10 atom stereocenters. The SMILES string of the molecule is CC[C@H](C)[C@H](NC(=O)[C@H](Cc1ccc(O)cc1)NC(=O)[C@H](CC(N)=O)NC(=O)[C@H](CCC(=O)O)NC(=O)[C@H](Cc1ccccc1)NC(=O)[C@H](CC(C)C)NC(=O)[C@@H](N)CCCN=C(N)N)C(=O)N[C@@H](CCC(=O)O)C(=O)N[C@@H](CC(C)C)C(=O)O. The van der Waals surface area contributed by atoms with Crippen LogP contribution in [0.1, 0.15) is 117 Å². The van der Waals surface area contributed by atoms with E-state index in [1.165, 1.54) is 24.3 Å². The predicted octanol–water partition coefficient (Wildman–Crippen LogP) is -1.74. The maximum atomic E-state index is 14.5. The second-order valence-electron chi connectivity index (χ2n) is 21.5. The van der Waals surface area contributed by atoms with Gasteiger partial charge in [0.1, 0.15) is 54.1 Å². The van der Waals surface area contributed by atoms with Gasteiger partial charge in [-0.25, -0.2) is 4.79 Å². The number of aliphatic carboxylic acids is 3. The molecule has 29 nitrogen and oxygen atoms in total. The number of nitrogens with zero attached hydrogens (tertiary/aromatic N) is 1. The van der Waals surface area contributed by atoms with Crippen molar-refractivity contribution in [2.75, 3.05) is 6.54 Å². The third kappa shape index (κ3) is 27.8. The molecule has 2 aromatic carbocycles. The summed E-state index contributed by atoms with van der Waals surface area (Å²) in [4.78, 5) is 165. The normalized spacial score (nSPS) is 14.6. The standard InChI is InChI=1S/C56H85N13O16/c1-7-31(6)46(54(83)63-37(20-22-45(74)75)49(78)68-42(55(84)85)25-30(4)5)69-53(82)40(27-33-15-17-34(70)18-16-33)66-52(81)41(28-43(58)71)67-48(77)36(19-21-44(72)73)62-51(80)39(26-32-12-9-8-10-13-32)65-50(79)38(24-29(2)3)64-47(76)35(57)14-11-23-61-56(59)60/h8-10,12-13,15-18,29-31,35-42,46,70H,7,11,14,19-28,57H2,1-6H3,(H2,58,71)(H,62,80)(H,63,83)(H,64,76)(H,65,79)(H,66,81)(H,67,77)(H,68,78)(H,69,82)(H,72,73)(H,74,75)(H,84,85)(H4,59,60,61)/t31-,35-,36-,37-,38-,39-,40-,41-,42-,46-/m0/s1. The van der Waals surface area contributed by atoms with Crippen LogP contribution in [0.15, 0.2) is 59.6 Å². The van der Waals surface area contributed by atoms with Crippen molar-refractivity contribution in [1.82, 2.24) is 42.5 Å². The average Bonchev–Trinajstić information content (AvgIpc) is 3.64. The minimum atomic E-state index is -1.94. The van der Waals surface area contributed by atoms with Crippen molar-refractivity contribution >= 4 is 77.0 Å². The quantitative estimate of drug-likeness (QED) is 0.0201. The van der Waals surface area contributed by atoms with Crippen LogP contribution in [-0.4, -0.2) is 158 Å². The van der Waals surface area contributed by atoms with Crippen LogP contribution < -0.4 is 65.5 Å². The zero-order valence-corrected chi connectivity index (χ0v) is 48.8. The van der Waals surface area contributed by atoms with Gasteiger partial charge in [-0.05, 0) is 79.5 Å². The number of aliphatic imine (C=N–C) groups is 1. The second-order valence-corrected chi connectivity index (χ2v) is 21.5. The number of primary amides is 1. The van der Waals surface area contributed by atoms with Gasteiger partial charge >= 0.3 is 17.9 Å². The van der Waals surface area contributed by atoms with Crippen LogP contribution in [0, 0.1) is 17.8 Å². The van der Waals surface area contributed by atoms with Crippen molar-refractivity contribution in [3.8, 4) is 5.75 Å². The van der Waals surface area contributed by atoms with Gasteiger partial charge in [0.15, 0.2) is 5.96 Å². The van der Waals surface area contributed by atoms with Crippen molar-refractivity contribution in [2.24, 2.45) is 45.7 Å². The first kappa shape index (κ1) is 72.2. The molecule has 0 aliphatic heterocycles. The number of nitrogens with one attached hydrogen (secondary N) is 8. The second kappa shape index (κ2) is 36.6. The highest BCUT2D eigenvalue weighted by Crippen LogP contribution is 2.16. The predicted molar refractivity (Wildman–Crippen MR) is 309 cm³/mol. The van der Waals surface area contributed by atoms with Crippen LogP contribution in [0.5, 0.6) is 5.75 Å². The molecule has 0 aliphatic carbocycles. The number of hydrogen-bond donors (Lipinski definition) is 16. The molecule has 0 bridgehead atoms.